The van der Waals surface area contributed by atoms with Crippen LogP contribution in [0.4, 0.5) is 0 Å². The van der Waals surface area contributed by atoms with Gasteiger partial charge in [0.25, 0.3) is 0 Å². The Bertz CT molecular complexity index is 423. The van der Waals surface area contributed by atoms with Crippen LogP contribution in [0.5, 0.6) is 0 Å². The smallest absolute Gasteiger partial charge is 0.133 e. The number of aryl methyl sites for hydroxylation is 1. The first-order chi connectivity index (χ1) is 8.24. The van der Waals surface area contributed by atoms with E-state index in [1.165, 1.54) is 5.56 Å². The molecule has 1 aliphatic carbocycles. The Morgan fingerprint density at radius 2 is 2.18 bits per heavy atom. The topological polar surface area (TPSA) is 53.8 Å². The first kappa shape index (κ1) is 11.8. The van der Waals surface area contributed by atoms with E-state index in [-0.39, 0.29) is 5.41 Å². The average Bonchev–Trinajstić information content (AvgIpc) is 2.40. The number of aromatic nitrogens is 1. The molecule has 0 atom stereocenters. The van der Waals surface area contributed by atoms with Crippen LogP contribution in [0.1, 0.15) is 37.7 Å². The van der Waals surface area contributed by atoms with Crippen LogP contribution >= 0.6 is 0 Å². The van der Waals surface area contributed by atoms with E-state index in [0.29, 0.717) is 18.6 Å². The van der Waals surface area contributed by atoms with E-state index in [9.17, 15) is 10.1 Å². The van der Waals surface area contributed by atoms with Crippen molar-refractivity contribution in [2.24, 2.45) is 5.41 Å². The van der Waals surface area contributed by atoms with E-state index in [4.69, 9.17) is 0 Å². The zero-order valence-electron chi connectivity index (χ0n) is 9.85. The zero-order valence-corrected chi connectivity index (χ0v) is 9.85. The Hall–Kier alpha value is -1.69. The molecular weight excluding hydrogens is 212 g/mol. The highest BCUT2D eigenvalue weighted by atomic mass is 16.1. The minimum absolute atomic E-state index is 0.288. The number of carbonyl (C=O) groups is 1. The van der Waals surface area contributed by atoms with Crippen LogP contribution < -0.4 is 0 Å². The third kappa shape index (κ3) is 2.91. The Kier molecular flexibility index (Phi) is 3.53. The monoisotopic (exact) mass is 228 g/mol. The summed E-state index contributed by atoms with van der Waals surface area (Å²) in [6.07, 6.45) is 7.90. The third-order valence-corrected chi connectivity index (χ3v) is 3.62. The van der Waals surface area contributed by atoms with Crippen LogP contribution in [-0.2, 0) is 11.2 Å². The summed E-state index contributed by atoms with van der Waals surface area (Å²) >= 11 is 0. The van der Waals surface area contributed by atoms with Gasteiger partial charge < -0.3 is 0 Å². The van der Waals surface area contributed by atoms with Crippen LogP contribution in [0.3, 0.4) is 0 Å². The van der Waals surface area contributed by atoms with Crippen LogP contribution in [0.15, 0.2) is 24.5 Å². The first-order valence-electron chi connectivity index (χ1n) is 6.06. The normalized spacial score (nSPS) is 18.6. The van der Waals surface area contributed by atoms with Gasteiger partial charge in [-0.2, -0.15) is 5.26 Å². The molecule has 0 radical (unpaired) electrons. The van der Waals surface area contributed by atoms with Crippen molar-refractivity contribution in [1.82, 2.24) is 4.98 Å². The summed E-state index contributed by atoms with van der Waals surface area (Å²) in [7, 11) is 0. The lowest BCUT2D eigenvalue weighted by atomic mass is 9.71. The van der Waals surface area contributed by atoms with E-state index >= 15 is 0 Å². The highest BCUT2D eigenvalue weighted by molar-refractivity contribution is 5.79. The molecule has 1 aliphatic rings. The largest absolute Gasteiger partial charge is 0.300 e. The second-order valence-corrected chi connectivity index (χ2v) is 4.79. The van der Waals surface area contributed by atoms with E-state index in [1.54, 1.807) is 6.20 Å². The highest BCUT2D eigenvalue weighted by Gasteiger charge is 2.34. The molecule has 88 valence electrons. The summed E-state index contributed by atoms with van der Waals surface area (Å²) in [4.78, 5) is 15.3. The van der Waals surface area contributed by atoms with Crippen molar-refractivity contribution in [2.75, 3.05) is 0 Å². The van der Waals surface area contributed by atoms with Crippen molar-refractivity contribution in [2.45, 2.75) is 38.5 Å². The van der Waals surface area contributed by atoms with Crippen LogP contribution in [0, 0.1) is 16.7 Å². The molecule has 0 bridgehead atoms. The van der Waals surface area contributed by atoms with Gasteiger partial charge in [-0.1, -0.05) is 6.07 Å². The number of hydrogen-bond donors (Lipinski definition) is 0. The second kappa shape index (κ2) is 5.09. The number of carbonyl (C=O) groups excluding carboxylic acids is 1. The van der Waals surface area contributed by atoms with E-state index < -0.39 is 0 Å². The van der Waals surface area contributed by atoms with Gasteiger partial charge in [0.15, 0.2) is 0 Å². The van der Waals surface area contributed by atoms with Crippen molar-refractivity contribution in [3.05, 3.63) is 30.1 Å². The summed E-state index contributed by atoms with van der Waals surface area (Å²) < 4.78 is 0. The number of hydrogen-bond acceptors (Lipinski definition) is 3. The summed E-state index contributed by atoms with van der Waals surface area (Å²) in [5, 5.41) is 9.33. The fourth-order valence-electron chi connectivity index (χ4n) is 2.35. The highest BCUT2D eigenvalue weighted by Crippen LogP contribution is 2.38. The Morgan fingerprint density at radius 3 is 2.76 bits per heavy atom. The number of pyridine rings is 1. The molecule has 0 amide bonds. The molecule has 3 nitrogen and oxygen atoms in total. The molecule has 3 heteroatoms. The molecule has 1 aromatic rings. The lowest BCUT2D eigenvalue weighted by molar-refractivity contribution is -0.121. The SMILES string of the molecule is N#CC1(CCc2cccnc2)CCC(=O)CC1. The lowest BCUT2D eigenvalue weighted by Crippen LogP contribution is -2.26. The van der Waals surface area contributed by atoms with E-state index in [1.807, 2.05) is 18.3 Å². The Labute approximate surface area is 101 Å². The summed E-state index contributed by atoms with van der Waals surface area (Å²) in [6.45, 7) is 0. The molecule has 0 N–H and O–H groups in total. The van der Waals surface area contributed by atoms with Gasteiger partial charge in [-0.15, -0.1) is 0 Å². The number of nitrogens with zero attached hydrogens (tertiary/aromatic N) is 2. The fraction of sp³-hybridized carbons (Fsp3) is 0.500. The Balaban J connectivity index is 1.97. The number of nitriles is 1. The van der Waals surface area contributed by atoms with Crippen molar-refractivity contribution >= 4 is 5.78 Å². The van der Waals surface area contributed by atoms with Gasteiger partial charge in [-0.05, 0) is 37.3 Å². The number of Topliss-reactive ketones (excluding diaryl/α,β-unsaturated/α-hetero) is 1. The van der Waals surface area contributed by atoms with Crippen molar-refractivity contribution in [1.29, 1.82) is 5.26 Å². The van der Waals surface area contributed by atoms with Crippen molar-refractivity contribution < 1.29 is 4.79 Å². The number of ketones is 1. The Morgan fingerprint density at radius 1 is 1.41 bits per heavy atom. The third-order valence-electron chi connectivity index (χ3n) is 3.62. The molecule has 17 heavy (non-hydrogen) atoms. The molecule has 0 aliphatic heterocycles. The minimum atomic E-state index is -0.288. The molecule has 2 rings (SSSR count). The lowest BCUT2D eigenvalue weighted by Gasteiger charge is -2.29. The molecule has 1 aromatic heterocycles. The van der Waals surface area contributed by atoms with Gasteiger partial charge >= 0.3 is 0 Å². The van der Waals surface area contributed by atoms with Crippen molar-refractivity contribution in [3.63, 3.8) is 0 Å². The predicted octanol–water partition coefficient (Wildman–Crippen LogP) is 2.67. The summed E-state index contributed by atoms with van der Waals surface area (Å²) in [6, 6.07) is 6.38. The minimum Gasteiger partial charge on any atom is -0.300 e. The molecule has 0 unspecified atom stereocenters. The summed E-state index contributed by atoms with van der Waals surface area (Å²) in [5.41, 5.74) is 0.878. The van der Waals surface area contributed by atoms with Gasteiger partial charge in [0.1, 0.15) is 5.78 Å². The van der Waals surface area contributed by atoms with Gasteiger partial charge in [0.2, 0.25) is 0 Å². The van der Waals surface area contributed by atoms with Gasteiger partial charge in [0, 0.05) is 25.2 Å². The van der Waals surface area contributed by atoms with Gasteiger partial charge in [0.05, 0.1) is 11.5 Å². The van der Waals surface area contributed by atoms with Crippen molar-refractivity contribution in [3.8, 4) is 6.07 Å². The maximum atomic E-state index is 11.2. The molecule has 1 fully saturated rings. The number of rotatable bonds is 3. The molecule has 0 saturated heterocycles. The maximum absolute atomic E-state index is 11.2. The van der Waals surface area contributed by atoms with E-state index in [0.717, 1.165) is 25.7 Å². The molecule has 1 saturated carbocycles. The summed E-state index contributed by atoms with van der Waals surface area (Å²) in [5.74, 6) is 0.303. The van der Waals surface area contributed by atoms with Crippen LogP contribution in [0.2, 0.25) is 0 Å². The zero-order chi connectivity index (χ0) is 12.1. The maximum Gasteiger partial charge on any atom is 0.133 e. The quantitative estimate of drug-likeness (QED) is 0.799. The predicted molar refractivity (Wildman–Crippen MR) is 64.1 cm³/mol. The van der Waals surface area contributed by atoms with Crippen LogP contribution in [0.25, 0.3) is 0 Å². The van der Waals surface area contributed by atoms with Gasteiger partial charge in [-0.25, -0.2) is 0 Å². The first-order valence-corrected chi connectivity index (χ1v) is 6.06. The molecule has 0 spiro atoms. The van der Waals surface area contributed by atoms with Crippen LogP contribution in [-0.4, -0.2) is 10.8 Å². The standard InChI is InChI=1S/C14H16N2O/c15-11-14(7-4-13(17)5-8-14)6-3-12-2-1-9-16-10-12/h1-2,9-10H,3-8H2. The van der Waals surface area contributed by atoms with Gasteiger partial charge in [-0.3, -0.25) is 9.78 Å². The average molecular weight is 228 g/mol. The second-order valence-electron chi connectivity index (χ2n) is 4.79. The van der Waals surface area contributed by atoms with E-state index in [2.05, 4.69) is 11.1 Å². The molecule has 0 aromatic carbocycles. The molecule has 1 heterocycles. The fourth-order valence-corrected chi connectivity index (χ4v) is 2.35. The molecular formula is C14H16N2O.